The van der Waals surface area contributed by atoms with Crippen LogP contribution in [0, 0.1) is 5.92 Å². The van der Waals surface area contributed by atoms with E-state index < -0.39 is 18.3 Å². The number of aliphatic hydroxyl groups excluding tert-OH is 1. The summed E-state index contributed by atoms with van der Waals surface area (Å²) in [5.41, 5.74) is 6.33. The molecule has 1 fully saturated rings. The van der Waals surface area contributed by atoms with Gasteiger partial charge in [-0.2, -0.15) is 0 Å². The number of urea groups is 1. The molecule has 3 amide bonds. The fraction of sp³-hybridized carbons (Fsp3) is 0.308. The second-order valence-electron chi connectivity index (χ2n) is 12.0. The van der Waals surface area contributed by atoms with Crippen LogP contribution in [0.5, 0.6) is 0 Å². The molecular weight excluding hydrogens is 655 g/mol. The second kappa shape index (κ2) is 17.8. The fourth-order valence-corrected chi connectivity index (χ4v) is 6.77. The quantitative estimate of drug-likeness (QED) is 0.0891. The van der Waals surface area contributed by atoms with Crippen LogP contribution in [-0.4, -0.2) is 48.0 Å². The lowest BCUT2D eigenvalue weighted by atomic mass is 9.91. The first-order valence-electron chi connectivity index (χ1n) is 16.6. The lowest BCUT2D eigenvalue weighted by molar-refractivity contribution is -0.268. The highest BCUT2D eigenvalue weighted by molar-refractivity contribution is 7.99. The average molecular weight is 698 g/mol. The van der Waals surface area contributed by atoms with Gasteiger partial charge in [-0.25, -0.2) is 4.79 Å². The Bertz CT molecular complexity index is 1730. The molecule has 0 radical (unpaired) electrons. The third-order valence-electron chi connectivity index (χ3n) is 8.36. The van der Waals surface area contributed by atoms with Gasteiger partial charge in [-0.3, -0.25) is 9.59 Å². The summed E-state index contributed by atoms with van der Waals surface area (Å²) < 4.78 is 18.1. The molecule has 262 valence electrons. The van der Waals surface area contributed by atoms with Crippen molar-refractivity contribution < 1.29 is 33.7 Å². The van der Waals surface area contributed by atoms with Gasteiger partial charge in [0.2, 0.25) is 5.91 Å². The van der Waals surface area contributed by atoms with Crippen LogP contribution in [-0.2, 0) is 37.0 Å². The summed E-state index contributed by atoms with van der Waals surface area (Å²) in [6.07, 6.45) is -0.996. The summed E-state index contributed by atoms with van der Waals surface area (Å²) >= 11 is 1.69. The number of esters is 1. The zero-order chi connectivity index (χ0) is 35.5. The number of rotatable bonds is 13. The van der Waals surface area contributed by atoms with Crippen LogP contribution >= 0.6 is 11.8 Å². The molecule has 5 rings (SSSR count). The van der Waals surface area contributed by atoms with Crippen LogP contribution in [0.3, 0.4) is 0 Å². The average Bonchev–Trinajstić information content (AvgIpc) is 3.13. The van der Waals surface area contributed by atoms with Crippen molar-refractivity contribution in [3.63, 3.8) is 0 Å². The van der Waals surface area contributed by atoms with E-state index in [-0.39, 0.29) is 50.3 Å². The van der Waals surface area contributed by atoms with Crippen LogP contribution in [0.1, 0.15) is 55.4 Å². The molecule has 10 nitrogen and oxygen atoms in total. The maximum Gasteiger partial charge on any atom is 0.325 e. The number of hydrogen-bond acceptors (Lipinski definition) is 8. The Kier molecular flexibility index (Phi) is 13.0. The van der Waals surface area contributed by atoms with E-state index in [2.05, 4.69) is 22.9 Å². The molecule has 1 aliphatic rings. The lowest BCUT2D eigenvalue weighted by Crippen LogP contribution is -2.38. The Balaban J connectivity index is 1.30. The molecule has 50 heavy (non-hydrogen) atoms. The maximum absolute atomic E-state index is 12.3. The van der Waals surface area contributed by atoms with E-state index in [1.807, 2.05) is 97.1 Å². The summed E-state index contributed by atoms with van der Waals surface area (Å²) in [6, 6.07) is 31.0. The van der Waals surface area contributed by atoms with Gasteiger partial charge in [-0.05, 0) is 59.0 Å². The van der Waals surface area contributed by atoms with Gasteiger partial charge < -0.3 is 35.3 Å². The molecule has 4 atom stereocenters. The van der Waals surface area contributed by atoms with Crippen molar-refractivity contribution in [3.8, 4) is 11.1 Å². The van der Waals surface area contributed by atoms with Gasteiger partial charge in [0.1, 0.15) is 6.54 Å². The van der Waals surface area contributed by atoms with Crippen molar-refractivity contribution in [1.82, 2.24) is 10.6 Å². The number of nitrogens with one attached hydrogen (secondary N) is 3. The smallest absolute Gasteiger partial charge is 0.325 e. The maximum atomic E-state index is 12.3. The zero-order valence-electron chi connectivity index (χ0n) is 28.4. The van der Waals surface area contributed by atoms with Crippen molar-refractivity contribution in [2.45, 2.75) is 57.3 Å². The summed E-state index contributed by atoms with van der Waals surface area (Å²) in [5, 5.41) is 17.7. The predicted octanol–water partition coefficient (Wildman–Crippen LogP) is 6.75. The van der Waals surface area contributed by atoms with Crippen LogP contribution < -0.4 is 16.0 Å². The van der Waals surface area contributed by atoms with Crippen LogP contribution in [0.4, 0.5) is 10.5 Å². The second-order valence-corrected chi connectivity index (χ2v) is 13.1. The van der Waals surface area contributed by atoms with Crippen molar-refractivity contribution >= 4 is 35.4 Å². The summed E-state index contributed by atoms with van der Waals surface area (Å²) in [6.45, 7) is 5.63. The molecular formula is C39H43N3O7S. The number of carbonyl (C=O) groups is 3. The standard InChI is InChI=1S/C39H43N3O7S/c1-4-47-36(45)22-41-39(46)40-21-31-7-5-6-8-34(31)28-13-15-30(16-14-28)38-48-35(24-50-33-19-17-32(18-20-33)42-26(3)44)25(2)37(49-38)29-11-9-27(23-43)10-12-29/h5-20,25,35,37-38,43H,4,21-24H2,1-3H3,(H,42,44)(H2,40,41,46). The van der Waals surface area contributed by atoms with E-state index in [4.69, 9.17) is 14.2 Å². The number of hydrogen-bond donors (Lipinski definition) is 4. The van der Waals surface area contributed by atoms with Gasteiger partial charge in [0.25, 0.3) is 0 Å². The largest absolute Gasteiger partial charge is 0.465 e. The van der Waals surface area contributed by atoms with Crippen molar-refractivity contribution in [1.29, 1.82) is 0 Å². The third kappa shape index (κ3) is 9.95. The first-order valence-corrected chi connectivity index (χ1v) is 17.6. The molecule has 0 aliphatic carbocycles. The zero-order valence-corrected chi connectivity index (χ0v) is 29.2. The minimum absolute atomic E-state index is 0.0265. The Morgan fingerprint density at radius 2 is 1.56 bits per heavy atom. The first-order chi connectivity index (χ1) is 24.2. The molecule has 0 aromatic heterocycles. The SMILES string of the molecule is CCOC(=O)CNC(=O)NCc1ccccc1-c1ccc(C2OC(CSc3ccc(NC(C)=O)cc3)C(C)C(c3ccc(CO)cc3)O2)cc1. The van der Waals surface area contributed by atoms with E-state index in [1.54, 1.807) is 18.7 Å². The predicted molar refractivity (Wildman–Crippen MR) is 193 cm³/mol. The highest BCUT2D eigenvalue weighted by atomic mass is 32.2. The number of carbonyl (C=O) groups excluding carboxylic acids is 3. The molecule has 0 spiro atoms. The van der Waals surface area contributed by atoms with Gasteiger partial charge in [-0.15, -0.1) is 11.8 Å². The monoisotopic (exact) mass is 697 g/mol. The first kappa shape index (κ1) is 36.6. The van der Waals surface area contributed by atoms with Crippen molar-refractivity contribution in [3.05, 3.63) is 119 Å². The summed E-state index contributed by atoms with van der Waals surface area (Å²) in [5.74, 6) is 0.124. The summed E-state index contributed by atoms with van der Waals surface area (Å²) in [4.78, 5) is 36.4. The van der Waals surface area contributed by atoms with Gasteiger partial charge >= 0.3 is 12.0 Å². The molecule has 11 heteroatoms. The number of aliphatic hydroxyl groups is 1. The molecule has 4 aromatic rings. The van der Waals surface area contributed by atoms with E-state index >= 15 is 0 Å². The van der Waals surface area contributed by atoms with Crippen LogP contribution in [0.25, 0.3) is 11.1 Å². The van der Waals surface area contributed by atoms with E-state index in [0.29, 0.717) is 5.75 Å². The van der Waals surface area contributed by atoms with E-state index in [9.17, 15) is 19.5 Å². The molecule has 1 heterocycles. The van der Waals surface area contributed by atoms with Crippen LogP contribution in [0.2, 0.25) is 0 Å². The number of amides is 3. The van der Waals surface area contributed by atoms with Gasteiger partial charge in [0, 0.05) is 41.3 Å². The minimum Gasteiger partial charge on any atom is -0.465 e. The molecule has 1 saturated heterocycles. The number of benzene rings is 4. The van der Waals surface area contributed by atoms with Crippen molar-refractivity contribution in [2.75, 3.05) is 24.2 Å². The number of anilines is 1. The third-order valence-corrected chi connectivity index (χ3v) is 9.46. The number of thioether (sulfide) groups is 1. The Morgan fingerprint density at radius 1 is 0.860 bits per heavy atom. The van der Waals surface area contributed by atoms with Gasteiger partial charge in [0.05, 0.1) is 25.4 Å². The van der Waals surface area contributed by atoms with E-state index in [1.165, 1.54) is 6.92 Å². The summed E-state index contributed by atoms with van der Waals surface area (Å²) in [7, 11) is 0. The van der Waals surface area contributed by atoms with Gasteiger partial charge in [-0.1, -0.05) is 79.7 Å². The Hall–Kier alpha value is -4.68. The van der Waals surface area contributed by atoms with Crippen LogP contribution in [0.15, 0.2) is 102 Å². The van der Waals surface area contributed by atoms with E-state index in [0.717, 1.165) is 44.0 Å². The normalized spacial score (nSPS) is 18.6. The lowest BCUT2D eigenvalue weighted by Gasteiger charge is -2.41. The fourth-order valence-electron chi connectivity index (χ4n) is 5.70. The molecule has 0 bridgehead atoms. The molecule has 4 aromatic carbocycles. The topological polar surface area (TPSA) is 135 Å². The van der Waals surface area contributed by atoms with Gasteiger partial charge in [0.15, 0.2) is 6.29 Å². The van der Waals surface area contributed by atoms with Crippen molar-refractivity contribution in [2.24, 2.45) is 5.92 Å². The highest BCUT2D eigenvalue weighted by Gasteiger charge is 2.38. The number of ether oxygens (including phenoxy) is 3. The Morgan fingerprint density at radius 3 is 2.24 bits per heavy atom. The minimum atomic E-state index is -0.615. The molecule has 4 N–H and O–H groups in total. The molecule has 0 saturated carbocycles. The molecule has 4 unspecified atom stereocenters. The molecule has 1 aliphatic heterocycles. The highest BCUT2D eigenvalue weighted by Crippen LogP contribution is 2.43. The Labute approximate surface area is 296 Å².